The van der Waals surface area contributed by atoms with Crippen molar-refractivity contribution in [3.05, 3.63) is 18.2 Å². The van der Waals surface area contributed by atoms with Gasteiger partial charge in [0.05, 0.1) is 18.0 Å². The Labute approximate surface area is 76.9 Å². The second-order valence-electron chi connectivity index (χ2n) is 2.81. The maximum absolute atomic E-state index is 11.8. The van der Waals surface area contributed by atoms with E-state index in [1.54, 1.807) is 12.1 Å². The van der Waals surface area contributed by atoms with Crippen LogP contribution in [-0.2, 0) is 0 Å². The summed E-state index contributed by atoms with van der Waals surface area (Å²) in [5, 5.41) is 3.04. The fourth-order valence-electron chi connectivity index (χ4n) is 0.984. The van der Waals surface area contributed by atoms with Crippen LogP contribution in [0.15, 0.2) is 18.2 Å². The summed E-state index contributed by atoms with van der Waals surface area (Å²) in [5.74, 6) is 0. The van der Waals surface area contributed by atoms with Crippen LogP contribution in [0.25, 0.3) is 0 Å². The summed E-state index contributed by atoms with van der Waals surface area (Å²) in [5.41, 5.74) is 13.1. The van der Waals surface area contributed by atoms with Crippen LogP contribution < -0.4 is 16.8 Å². The third-order valence-electron chi connectivity index (χ3n) is 1.73. The Kier molecular flexibility index (Phi) is 3.37. The van der Waals surface area contributed by atoms with Gasteiger partial charge in [-0.25, -0.2) is 0 Å². The Morgan fingerprint density at radius 2 is 2.00 bits per heavy atom. The van der Waals surface area contributed by atoms with Crippen molar-refractivity contribution in [2.24, 2.45) is 0 Å². The summed E-state index contributed by atoms with van der Waals surface area (Å²) in [4.78, 5) is 0. The van der Waals surface area contributed by atoms with Gasteiger partial charge in [0.25, 0.3) is 0 Å². The molecule has 0 saturated carbocycles. The highest BCUT2D eigenvalue weighted by atomic mass is 19.1. The molecule has 1 aromatic carbocycles. The number of nitrogens with two attached hydrogens (primary N) is 2. The number of hydrogen-bond acceptors (Lipinski definition) is 3. The van der Waals surface area contributed by atoms with Crippen molar-refractivity contribution in [3.8, 4) is 0 Å². The van der Waals surface area contributed by atoms with E-state index < -0.39 is 0 Å². The number of rotatable bonds is 4. The van der Waals surface area contributed by atoms with E-state index >= 15 is 0 Å². The lowest BCUT2D eigenvalue weighted by Gasteiger charge is -2.06. The highest BCUT2D eigenvalue weighted by Gasteiger charge is 1.95. The zero-order valence-corrected chi connectivity index (χ0v) is 7.39. The van der Waals surface area contributed by atoms with Crippen molar-refractivity contribution in [2.45, 2.75) is 6.42 Å². The number of hydrogen-bond donors (Lipinski definition) is 3. The van der Waals surface area contributed by atoms with Gasteiger partial charge in [-0.15, -0.1) is 0 Å². The molecule has 0 aromatic heterocycles. The summed E-state index contributed by atoms with van der Waals surface area (Å²) in [6.45, 7) is 0.303. The first-order valence-corrected chi connectivity index (χ1v) is 4.19. The standard InChI is InChI=1S/C9H14FN3/c10-4-1-5-13-7-2-3-8(11)9(12)6-7/h2-3,6,13H,1,4-5,11-12H2. The minimum Gasteiger partial charge on any atom is -0.397 e. The molecule has 0 atom stereocenters. The molecular weight excluding hydrogens is 169 g/mol. The van der Waals surface area contributed by atoms with Gasteiger partial charge in [0.1, 0.15) is 0 Å². The summed E-state index contributed by atoms with van der Waals surface area (Å²) in [6, 6.07) is 5.30. The summed E-state index contributed by atoms with van der Waals surface area (Å²) < 4.78 is 11.8. The van der Waals surface area contributed by atoms with Crippen LogP contribution in [0.3, 0.4) is 0 Å². The van der Waals surface area contributed by atoms with E-state index in [1.807, 2.05) is 6.07 Å². The average molecular weight is 183 g/mol. The number of nitrogens with one attached hydrogen (secondary N) is 1. The monoisotopic (exact) mass is 183 g/mol. The van der Waals surface area contributed by atoms with Crippen molar-refractivity contribution < 1.29 is 4.39 Å². The first-order valence-electron chi connectivity index (χ1n) is 4.19. The van der Waals surface area contributed by atoms with Gasteiger partial charge in [-0.05, 0) is 24.6 Å². The molecule has 0 spiro atoms. The molecule has 0 unspecified atom stereocenters. The molecule has 0 radical (unpaired) electrons. The highest BCUT2D eigenvalue weighted by molar-refractivity contribution is 5.69. The zero-order valence-electron chi connectivity index (χ0n) is 7.39. The van der Waals surface area contributed by atoms with Crippen molar-refractivity contribution in [2.75, 3.05) is 30.0 Å². The molecule has 0 saturated heterocycles. The van der Waals surface area contributed by atoms with Gasteiger partial charge in [0.2, 0.25) is 0 Å². The van der Waals surface area contributed by atoms with Crippen molar-refractivity contribution in [3.63, 3.8) is 0 Å². The van der Waals surface area contributed by atoms with E-state index in [9.17, 15) is 4.39 Å². The molecule has 0 fully saturated rings. The molecule has 4 heteroatoms. The Balaban J connectivity index is 2.53. The second-order valence-corrected chi connectivity index (χ2v) is 2.81. The van der Waals surface area contributed by atoms with E-state index in [0.717, 1.165) is 5.69 Å². The number of halogens is 1. The largest absolute Gasteiger partial charge is 0.397 e. The predicted octanol–water partition coefficient (Wildman–Crippen LogP) is 1.62. The molecule has 1 rings (SSSR count). The lowest BCUT2D eigenvalue weighted by atomic mass is 10.2. The highest BCUT2D eigenvalue weighted by Crippen LogP contribution is 2.19. The van der Waals surface area contributed by atoms with Gasteiger partial charge >= 0.3 is 0 Å². The Bertz CT molecular complexity index is 276. The summed E-state index contributed by atoms with van der Waals surface area (Å²) in [6.07, 6.45) is 0.504. The van der Waals surface area contributed by atoms with Gasteiger partial charge in [-0.1, -0.05) is 0 Å². The molecule has 0 aliphatic carbocycles. The van der Waals surface area contributed by atoms with E-state index in [0.29, 0.717) is 24.3 Å². The fourth-order valence-corrected chi connectivity index (χ4v) is 0.984. The first kappa shape index (κ1) is 9.64. The molecule has 0 aliphatic rings. The van der Waals surface area contributed by atoms with Crippen LogP contribution in [0.1, 0.15) is 6.42 Å². The molecule has 0 aliphatic heterocycles. The van der Waals surface area contributed by atoms with Crippen molar-refractivity contribution in [1.29, 1.82) is 0 Å². The minimum absolute atomic E-state index is 0.308. The average Bonchev–Trinajstić information content (AvgIpc) is 2.12. The third-order valence-corrected chi connectivity index (χ3v) is 1.73. The lowest BCUT2D eigenvalue weighted by molar-refractivity contribution is 0.481. The molecule has 3 nitrogen and oxygen atoms in total. The molecule has 0 heterocycles. The maximum Gasteiger partial charge on any atom is 0.0911 e. The SMILES string of the molecule is Nc1ccc(NCCCF)cc1N. The normalized spacial score (nSPS) is 9.92. The van der Waals surface area contributed by atoms with E-state index in [-0.39, 0.29) is 6.67 Å². The molecule has 13 heavy (non-hydrogen) atoms. The van der Waals surface area contributed by atoms with Gasteiger partial charge in [0, 0.05) is 12.2 Å². The molecular formula is C9H14FN3. The van der Waals surface area contributed by atoms with Crippen LogP contribution in [0.4, 0.5) is 21.5 Å². The quantitative estimate of drug-likeness (QED) is 0.491. The Morgan fingerprint density at radius 3 is 2.62 bits per heavy atom. The van der Waals surface area contributed by atoms with E-state index in [2.05, 4.69) is 5.32 Å². The molecule has 5 N–H and O–H groups in total. The fraction of sp³-hybridized carbons (Fsp3) is 0.333. The van der Waals surface area contributed by atoms with Crippen LogP contribution >= 0.6 is 0 Å². The van der Waals surface area contributed by atoms with Crippen molar-refractivity contribution in [1.82, 2.24) is 0 Å². The number of benzene rings is 1. The summed E-state index contributed by atoms with van der Waals surface area (Å²) >= 11 is 0. The molecule has 0 amide bonds. The van der Waals surface area contributed by atoms with Crippen LogP contribution in [0, 0.1) is 0 Å². The first-order chi connectivity index (χ1) is 6.24. The van der Waals surface area contributed by atoms with Crippen LogP contribution in [0.5, 0.6) is 0 Å². The Hall–Kier alpha value is -1.45. The van der Waals surface area contributed by atoms with Gasteiger partial charge in [0.15, 0.2) is 0 Å². The van der Waals surface area contributed by atoms with Crippen molar-refractivity contribution >= 4 is 17.1 Å². The molecule has 0 bridgehead atoms. The van der Waals surface area contributed by atoms with E-state index in [4.69, 9.17) is 11.5 Å². The topological polar surface area (TPSA) is 64.1 Å². The number of anilines is 3. The molecule has 72 valence electrons. The third kappa shape index (κ3) is 2.82. The summed E-state index contributed by atoms with van der Waals surface area (Å²) in [7, 11) is 0. The van der Waals surface area contributed by atoms with Gasteiger partial charge < -0.3 is 16.8 Å². The number of alkyl halides is 1. The van der Waals surface area contributed by atoms with Crippen LogP contribution in [-0.4, -0.2) is 13.2 Å². The van der Waals surface area contributed by atoms with Crippen LogP contribution in [0.2, 0.25) is 0 Å². The molecule has 1 aromatic rings. The van der Waals surface area contributed by atoms with Gasteiger partial charge in [-0.3, -0.25) is 4.39 Å². The minimum atomic E-state index is -0.308. The smallest absolute Gasteiger partial charge is 0.0911 e. The van der Waals surface area contributed by atoms with Gasteiger partial charge in [-0.2, -0.15) is 0 Å². The lowest BCUT2D eigenvalue weighted by Crippen LogP contribution is -2.03. The zero-order chi connectivity index (χ0) is 9.68. The number of nitrogen functional groups attached to an aromatic ring is 2. The Morgan fingerprint density at radius 1 is 1.23 bits per heavy atom. The maximum atomic E-state index is 11.8. The second kappa shape index (κ2) is 4.54. The predicted molar refractivity (Wildman–Crippen MR) is 54.3 cm³/mol. The van der Waals surface area contributed by atoms with E-state index in [1.165, 1.54) is 0 Å².